The molecule has 2 N–H and O–H groups in total. The zero-order chi connectivity index (χ0) is 33.9. The lowest BCUT2D eigenvalue weighted by atomic mass is 10.00. The van der Waals surface area contributed by atoms with Gasteiger partial charge in [-0.05, 0) is 48.8 Å². The smallest absolute Gasteiger partial charge is 0.475 e. The normalized spacial score (nSPS) is 18.8. The Morgan fingerprint density at radius 3 is 2.36 bits per heavy atom. The molecule has 0 bridgehead atoms. The molecule has 2 aliphatic heterocycles. The molecule has 250 valence electrons. The molecule has 0 saturated carbocycles. The molecule has 13 heteroatoms. The first-order valence-electron chi connectivity index (χ1n) is 14.9. The van der Waals surface area contributed by atoms with Gasteiger partial charge >= 0.3 is 24.2 Å². The van der Waals surface area contributed by atoms with Crippen LogP contribution in [0.1, 0.15) is 69.6 Å². The summed E-state index contributed by atoms with van der Waals surface area (Å²) in [7, 11) is 1.31. The number of carboxylic acid groups (broad SMARTS) is 1. The summed E-state index contributed by atoms with van der Waals surface area (Å²) in [5.41, 5.74) is 3.14. The third-order valence-corrected chi connectivity index (χ3v) is 7.72. The van der Waals surface area contributed by atoms with E-state index in [1.807, 2.05) is 38.1 Å². The Morgan fingerprint density at radius 1 is 1.13 bits per heavy atom. The van der Waals surface area contributed by atoms with Gasteiger partial charge in [0.15, 0.2) is 0 Å². The number of esters is 1. The average Bonchev–Trinajstić information content (AvgIpc) is 3.62. The fourth-order valence-electron chi connectivity index (χ4n) is 5.33. The maximum Gasteiger partial charge on any atom is 0.490 e. The van der Waals surface area contributed by atoms with E-state index in [9.17, 15) is 27.6 Å². The predicted molar refractivity (Wildman–Crippen MR) is 162 cm³/mol. The number of nitrogens with one attached hydrogen (secondary N) is 1. The summed E-state index contributed by atoms with van der Waals surface area (Å²) < 4.78 is 42.6. The van der Waals surface area contributed by atoms with Crippen molar-refractivity contribution in [2.75, 3.05) is 13.7 Å². The van der Waals surface area contributed by atoms with Crippen LogP contribution >= 0.6 is 0 Å². The van der Waals surface area contributed by atoms with Crippen molar-refractivity contribution in [3.05, 3.63) is 54.1 Å². The fourth-order valence-corrected chi connectivity index (χ4v) is 5.33. The zero-order valence-electron chi connectivity index (χ0n) is 26.3. The molecular formula is C32H44F3N3O7. The first-order chi connectivity index (χ1) is 21.1. The van der Waals surface area contributed by atoms with Gasteiger partial charge in [0, 0.05) is 19.0 Å². The second kappa shape index (κ2) is 17.0. The zero-order valence-corrected chi connectivity index (χ0v) is 26.3. The number of fused-ring (bicyclic) bond motifs is 1. The molecule has 1 unspecified atom stereocenters. The van der Waals surface area contributed by atoms with Gasteiger partial charge in [-0.25, -0.2) is 14.4 Å². The van der Waals surface area contributed by atoms with Crippen molar-refractivity contribution in [1.29, 1.82) is 0 Å². The number of alkyl halides is 3. The van der Waals surface area contributed by atoms with E-state index in [0.717, 1.165) is 42.4 Å². The Hall–Kier alpha value is -3.87. The molecule has 0 radical (unpaired) electrons. The monoisotopic (exact) mass is 639 g/mol. The van der Waals surface area contributed by atoms with Crippen molar-refractivity contribution in [1.82, 2.24) is 15.1 Å². The Bertz CT molecular complexity index is 1220. The van der Waals surface area contributed by atoms with Crippen molar-refractivity contribution < 1.29 is 46.9 Å². The van der Waals surface area contributed by atoms with Crippen LogP contribution in [0.4, 0.5) is 18.0 Å². The van der Waals surface area contributed by atoms with Crippen LogP contribution in [0.25, 0.3) is 6.08 Å². The van der Waals surface area contributed by atoms with Crippen LogP contribution in [0.15, 0.2) is 37.4 Å². The van der Waals surface area contributed by atoms with Gasteiger partial charge in [0.05, 0.1) is 26.2 Å². The summed E-state index contributed by atoms with van der Waals surface area (Å²) in [6, 6.07) is 4.81. The fraction of sp³-hybridized carbons (Fsp3) is 0.562. The molecule has 4 atom stereocenters. The third kappa shape index (κ3) is 10.6. The number of carbonyl (C=O) groups is 4. The number of halogens is 3. The van der Waals surface area contributed by atoms with Crippen molar-refractivity contribution in [3.63, 3.8) is 0 Å². The summed E-state index contributed by atoms with van der Waals surface area (Å²) in [5, 5.41) is 10.6. The SMILES string of the molecule is C=CCCCCC(C)N[C@H](C(=O)N1C[C@H](OC(=O)N2Cc3cccc(C=C)c3C2)C[C@H]1C(=O)OC)C(C)C.O=C(O)C(F)(F)F. The molecule has 1 aromatic rings. The molecule has 0 aromatic heterocycles. The van der Waals surface area contributed by atoms with Gasteiger partial charge < -0.3 is 24.8 Å². The number of ether oxygens (including phenoxy) is 2. The number of aliphatic carboxylic acids is 1. The molecule has 45 heavy (non-hydrogen) atoms. The van der Waals surface area contributed by atoms with Crippen LogP contribution in [0.3, 0.4) is 0 Å². The van der Waals surface area contributed by atoms with Gasteiger partial charge in [0.2, 0.25) is 5.91 Å². The largest absolute Gasteiger partial charge is 0.490 e. The van der Waals surface area contributed by atoms with Crippen molar-refractivity contribution >= 4 is 30.0 Å². The predicted octanol–water partition coefficient (Wildman–Crippen LogP) is 5.31. The van der Waals surface area contributed by atoms with Gasteiger partial charge in [-0.3, -0.25) is 9.69 Å². The molecule has 0 aliphatic carbocycles. The average molecular weight is 640 g/mol. The number of carbonyl (C=O) groups excluding carboxylic acids is 3. The number of hydrogen-bond donors (Lipinski definition) is 2. The standard InChI is InChI=1S/C30H43N3O5.C2HF3O2/c1-7-9-10-11-13-21(5)31-27(20(3)4)28(34)33-18-24(16-26(33)29(35)37-6)38-30(36)32-17-23-15-12-14-22(8-2)25(23)19-32;3-2(4,5)1(6)7/h7-8,12,14-15,20-21,24,26-27,31H,1-2,9-11,13,16-19H2,3-6H3;(H,6,7)/t21?,24-,26+,27+;/m1./s1. The number of rotatable bonds is 12. The van der Waals surface area contributed by atoms with Crippen molar-refractivity contribution in [2.45, 2.75) is 96.4 Å². The Labute approximate surface area is 262 Å². The van der Waals surface area contributed by atoms with E-state index in [1.165, 1.54) is 12.0 Å². The molecule has 3 rings (SSSR count). The minimum absolute atomic E-state index is 0.0141. The number of methoxy groups -OCH3 is 1. The molecule has 2 aliphatic rings. The van der Waals surface area contributed by atoms with E-state index in [-0.39, 0.29) is 30.8 Å². The van der Waals surface area contributed by atoms with Crippen LogP contribution in [-0.2, 0) is 36.9 Å². The van der Waals surface area contributed by atoms with Crippen LogP contribution < -0.4 is 5.32 Å². The van der Waals surface area contributed by atoms with E-state index < -0.39 is 42.4 Å². The van der Waals surface area contributed by atoms with Crippen LogP contribution in [0, 0.1) is 5.92 Å². The summed E-state index contributed by atoms with van der Waals surface area (Å²) in [4.78, 5) is 51.5. The highest BCUT2D eigenvalue weighted by Gasteiger charge is 2.45. The summed E-state index contributed by atoms with van der Waals surface area (Å²) >= 11 is 0. The quantitative estimate of drug-likeness (QED) is 0.179. The van der Waals surface area contributed by atoms with E-state index in [0.29, 0.717) is 13.1 Å². The van der Waals surface area contributed by atoms with E-state index >= 15 is 0 Å². The first-order valence-corrected chi connectivity index (χ1v) is 14.9. The minimum atomic E-state index is -5.08. The van der Waals surface area contributed by atoms with Gasteiger partial charge in [0.25, 0.3) is 0 Å². The first kappa shape index (κ1) is 37.3. The lowest BCUT2D eigenvalue weighted by Gasteiger charge is -2.31. The Balaban J connectivity index is 0.000000900. The van der Waals surface area contributed by atoms with Crippen molar-refractivity contribution in [3.8, 4) is 0 Å². The van der Waals surface area contributed by atoms with Gasteiger partial charge in [0.1, 0.15) is 12.1 Å². The van der Waals surface area contributed by atoms with Crippen LogP contribution in [0.5, 0.6) is 0 Å². The lowest BCUT2D eigenvalue weighted by molar-refractivity contribution is -0.192. The van der Waals surface area contributed by atoms with Crippen LogP contribution in [-0.4, -0.2) is 82.9 Å². The second-order valence-electron chi connectivity index (χ2n) is 11.5. The molecular weight excluding hydrogens is 595 g/mol. The second-order valence-corrected chi connectivity index (χ2v) is 11.5. The molecule has 1 fully saturated rings. The maximum absolute atomic E-state index is 13.7. The Morgan fingerprint density at radius 2 is 1.80 bits per heavy atom. The number of likely N-dealkylation sites (tertiary alicyclic amines) is 1. The highest BCUT2D eigenvalue weighted by Crippen LogP contribution is 2.29. The number of carboxylic acids is 1. The number of unbranched alkanes of at least 4 members (excludes halogenated alkanes) is 2. The highest BCUT2D eigenvalue weighted by atomic mass is 19.4. The minimum Gasteiger partial charge on any atom is -0.475 e. The third-order valence-electron chi connectivity index (χ3n) is 7.72. The molecule has 10 nitrogen and oxygen atoms in total. The summed E-state index contributed by atoms with van der Waals surface area (Å²) in [6.45, 7) is 14.7. The van der Waals surface area contributed by atoms with Crippen molar-refractivity contribution in [2.24, 2.45) is 5.92 Å². The van der Waals surface area contributed by atoms with E-state index in [2.05, 4.69) is 25.4 Å². The molecule has 2 amide bonds. The van der Waals surface area contributed by atoms with Crippen LogP contribution in [0.2, 0.25) is 0 Å². The number of nitrogens with zero attached hydrogens (tertiary/aromatic N) is 2. The van der Waals surface area contributed by atoms with Gasteiger partial charge in [-0.1, -0.05) is 57.2 Å². The van der Waals surface area contributed by atoms with E-state index in [1.54, 1.807) is 11.0 Å². The maximum atomic E-state index is 13.7. The number of allylic oxidation sites excluding steroid dienone is 1. The van der Waals surface area contributed by atoms with Gasteiger partial charge in [-0.2, -0.15) is 13.2 Å². The molecule has 0 spiro atoms. The topological polar surface area (TPSA) is 125 Å². The molecule has 1 aromatic carbocycles. The number of benzene rings is 1. The number of hydrogen-bond acceptors (Lipinski definition) is 7. The lowest BCUT2D eigenvalue weighted by Crippen LogP contribution is -2.54. The summed E-state index contributed by atoms with van der Waals surface area (Å²) in [5.74, 6) is -3.41. The molecule has 2 heterocycles. The van der Waals surface area contributed by atoms with Gasteiger partial charge in [-0.15, -0.1) is 6.58 Å². The number of amides is 2. The molecule has 1 saturated heterocycles. The van der Waals surface area contributed by atoms with E-state index in [4.69, 9.17) is 19.4 Å². The summed E-state index contributed by atoms with van der Waals surface area (Å²) in [6.07, 6.45) is 1.82. The highest BCUT2D eigenvalue weighted by molar-refractivity contribution is 5.88. The Kier molecular flexibility index (Phi) is 14.1.